The van der Waals surface area contributed by atoms with Crippen molar-refractivity contribution in [3.63, 3.8) is 0 Å². The fourth-order valence-corrected chi connectivity index (χ4v) is 4.47. The van der Waals surface area contributed by atoms with Crippen molar-refractivity contribution in [2.24, 2.45) is 0 Å². The van der Waals surface area contributed by atoms with Gasteiger partial charge in [0.25, 0.3) is 7.37 Å². The van der Waals surface area contributed by atoms with Crippen molar-refractivity contribution in [2.45, 2.75) is 24.7 Å². The predicted octanol–water partition coefficient (Wildman–Crippen LogP) is 5.98. The summed E-state index contributed by atoms with van der Waals surface area (Å²) >= 11 is 0. The molecule has 0 radical (unpaired) electrons. The van der Waals surface area contributed by atoms with Crippen molar-refractivity contribution >= 4 is 18.0 Å². The maximum atomic E-state index is 13.2. The van der Waals surface area contributed by atoms with Gasteiger partial charge in [-0.25, -0.2) is 0 Å². The SMILES string of the molecule is O=P(O)(c1cc(C(F)(F)F)ccc1C(F)(F)F)c1cc(C(F)(F)F)ccc1C(F)(F)F. The second kappa shape index (κ2) is 7.44. The van der Waals surface area contributed by atoms with Crippen molar-refractivity contribution < 1.29 is 62.1 Å². The molecule has 2 aromatic rings. The van der Waals surface area contributed by atoms with Crippen LogP contribution in [-0.4, -0.2) is 4.89 Å². The summed E-state index contributed by atoms with van der Waals surface area (Å²) in [5.74, 6) is 0. The van der Waals surface area contributed by atoms with Gasteiger partial charge >= 0.3 is 24.7 Å². The molecule has 31 heavy (non-hydrogen) atoms. The lowest BCUT2D eigenvalue weighted by Gasteiger charge is -2.23. The van der Waals surface area contributed by atoms with Crippen LogP contribution in [0.15, 0.2) is 36.4 Å². The van der Waals surface area contributed by atoms with Gasteiger partial charge in [0, 0.05) is 0 Å². The van der Waals surface area contributed by atoms with E-state index in [1.165, 1.54) is 0 Å². The fraction of sp³-hybridized carbons (Fsp3) is 0.250. The van der Waals surface area contributed by atoms with Crippen LogP contribution in [-0.2, 0) is 29.3 Å². The van der Waals surface area contributed by atoms with Crippen LogP contribution in [0.2, 0.25) is 0 Å². The molecule has 172 valence electrons. The van der Waals surface area contributed by atoms with E-state index >= 15 is 0 Å². The third kappa shape index (κ3) is 5.17. The van der Waals surface area contributed by atoms with Gasteiger partial charge in [0.05, 0.1) is 32.9 Å². The number of benzene rings is 2. The van der Waals surface area contributed by atoms with E-state index in [0.717, 1.165) is 0 Å². The molecule has 0 saturated heterocycles. The molecule has 0 heterocycles. The summed E-state index contributed by atoms with van der Waals surface area (Å²) in [6, 6.07) is -1.87. The van der Waals surface area contributed by atoms with Crippen LogP contribution in [0.1, 0.15) is 22.3 Å². The largest absolute Gasteiger partial charge is 0.417 e. The first-order valence-electron chi connectivity index (χ1n) is 7.57. The third-order valence-electron chi connectivity index (χ3n) is 3.91. The van der Waals surface area contributed by atoms with Crippen LogP contribution < -0.4 is 10.6 Å². The molecule has 1 N–H and O–H groups in total. The van der Waals surface area contributed by atoms with Gasteiger partial charge in [0.15, 0.2) is 0 Å². The molecule has 15 heteroatoms. The number of rotatable bonds is 2. The minimum absolute atomic E-state index is 0.136. The molecule has 0 aromatic heterocycles. The first-order chi connectivity index (χ1) is 13.7. The summed E-state index contributed by atoms with van der Waals surface area (Å²) in [6.45, 7) is 0. The molecule has 0 spiro atoms. The number of hydrogen-bond acceptors (Lipinski definition) is 1. The van der Waals surface area contributed by atoms with E-state index in [4.69, 9.17) is 0 Å². The van der Waals surface area contributed by atoms with E-state index in [2.05, 4.69) is 0 Å². The zero-order valence-electron chi connectivity index (χ0n) is 14.3. The molecular formula is C16H7F12O2P. The summed E-state index contributed by atoms with van der Waals surface area (Å²) in [7, 11) is -6.30. The fourth-order valence-electron chi connectivity index (χ4n) is 2.53. The highest BCUT2D eigenvalue weighted by Gasteiger charge is 2.46. The molecule has 0 fully saturated rings. The molecule has 0 aliphatic rings. The molecule has 0 unspecified atom stereocenters. The lowest BCUT2D eigenvalue weighted by Crippen LogP contribution is -2.30. The summed E-state index contributed by atoms with van der Waals surface area (Å²) in [5, 5.41) is -4.28. The summed E-state index contributed by atoms with van der Waals surface area (Å²) in [5.41, 5.74) is -8.27. The lowest BCUT2D eigenvalue weighted by molar-refractivity contribution is -0.140. The Bertz CT molecular complexity index is 951. The molecule has 2 rings (SSSR count). The van der Waals surface area contributed by atoms with Crippen molar-refractivity contribution in [1.82, 2.24) is 0 Å². The highest BCUT2D eigenvalue weighted by atomic mass is 31.2. The number of halogens is 12. The van der Waals surface area contributed by atoms with Gasteiger partial charge in [-0.15, -0.1) is 0 Å². The molecule has 0 atom stereocenters. The Morgan fingerprint density at radius 3 is 1.06 bits per heavy atom. The summed E-state index contributed by atoms with van der Waals surface area (Å²) < 4.78 is 169. The van der Waals surface area contributed by atoms with Crippen molar-refractivity contribution in [3.05, 3.63) is 58.7 Å². The number of hydrogen-bond donors (Lipinski definition) is 1. The Balaban J connectivity index is 2.96. The predicted molar refractivity (Wildman–Crippen MR) is 82.0 cm³/mol. The Morgan fingerprint density at radius 2 is 0.839 bits per heavy atom. The number of alkyl halides is 12. The molecular weight excluding hydrogens is 483 g/mol. The smallest absolute Gasteiger partial charge is 0.338 e. The zero-order valence-corrected chi connectivity index (χ0v) is 15.2. The van der Waals surface area contributed by atoms with E-state index in [-0.39, 0.29) is 24.3 Å². The van der Waals surface area contributed by atoms with E-state index in [1.54, 1.807) is 0 Å². The highest BCUT2D eigenvalue weighted by Crippen LogP contribution is 2.48. The molecule has 0 saturated carbocycles. The monoisotopic (exact) mass is 490 g/mol. The summed E-state index contributed by atoms with van der Waals surface area (Å²) in [4.78, 5) is 10.1. The van der Waals surface area contributed by atoms with Gasteiger partial charge in [0.2, 0.25) is 0 Å². The topological polar surface area (TPSA) is 37.3 Å². The molecule has 0 aliphatic heterocycles. The van der Waals surface area contributed by atoms with Crippen LogP contribution in [0.25, 0.3) is 0 Å². The Kier molecular flexibility index (Phi) is 6.01. The normalized spacial score (nSPS) is 14.1. The summed E-state index contributed by atoms with van der Waals surface area (Å²) in [6.07, 6.45) is -22.0. The maximum absolute atomic E-state index is 13.2. The van der Waals surface area contributed by atoms with Crippen LogP contribution in [0.4, 0.5) is 52.7 Å². The first-order valence-corrected chi connectivity index (χ1v) is 9.23. The average molecular weight is 490 g/mol. The standard InChI is InChI=1S/C16H7F12O2P/c17-13(18,19)7-1-3-9(15(23,24)25)11(5-7)31(29,30)12-6-8(14(20,21)22)2-4-10(12)16(26,27)28/h1-6H,(H,29,30). The molecule has 0 bridgehead atoms. The molecule has 2 nitrogen and oxygen atoms in total. The van der Waals surface area contributed by atoms with Gasteiger partial charge < -0.3 is 4.89 Å². The Labute approximate surface area is 164 Å². The maximum Gasteiger partial charge on any atom is 0.417 e. The average Bonchev–Trinajstić information content (AvgIpc) is 2.57. The van der Waals surface area contributed by atoms with Gasteiger partial charge in [-0.1, -0.05) is 0 Å². The Morgan fingerprint density at radius 1 is 0.548 bits per heavy atom. The quantitative estimate of drug-likeness (QED) is 0.416. The van der Waals surface area contributed by atoms with E-state index in [0.29, 0.717) is 0 Å². The molecule has 2 aromatic carbocycles. The van der Waals surface area contributed by atoms with Gasteiger partial charge in [0.1, 0.15) is 0 Å². The Hall–Kier alpha value is -2.21. The van der Waals surface area contributed by atoms with Gasteiger partial charge in [-0.3, -0.25) is 4.57 Å². The van der Waals surface area contributed by atoms with Crippen LogP contribution in [0.5, 0.6) is 0 Å². The molecule has 0 amide bonds. The van der Waals surface area contributed by atoms with E-state index < -0.39 is 77.1 Å². The lowest BCUT2D eigenvalue weighted by atomic mass is 10.1. The molecule has 0 aliphatic carbocycles. The van der Waals surface area contributed by atoms with Crippen LogP contribution >= 0.6 is 7.37 Å². The second-order valence-corrected chi connectivity index (χ2v) is 8.15. The second-order valence-electron chi connectivity index (χ2n) is 6.03. The van der Waals surface area contributed by atoms with Crippen molar-refractivity contribution in [2.75, 3.05) is 0 Å². The first kappa shape index (κ1) is 25.1. The third-order valence-corrected chi connectivity index (χ3v) is 5.96. The van der Waals surface area contributed by atoms with Crippen LogP contribution in [0.3, 0.4) is 0 Å². The minimum Gasteiger partial charge on any atom is -0.338 e. The minimum atomic E-state index is -6.30. The van der Waals surface area contributed by atoms with Gasteiger partial charge in [-0.05, 0) is 36.4 Å². The van der Waals surface area contributed by atoms with Crippen molar-refractivity contribution in [1.29, 1.82) is 0 Å². The van der Waals surface area contributed by atoms with Gasteiger partial charge in [-0.2, -0.15) is 52.7 Å². The van der Waals surface area contributed by atoms with E-state index in [9.17, 15) is 62.1 Å². The highest BCUT2D eigenvalue weighted by molar-refractivity contribution is 7.73. The van der Waals surface area contributed by atoms with Crippen LogP contribution in [0, 0.1) is 0 Å². The van der Waals surface area contributed by atoms with Crippen molar-refractivity contribution in [3.8, 4) is 0 Å². The zero-order chi connectivity index (χ0) is 24.2. The van der Waals surface area contributed by atoms with E-state index in [1.807, 2.05) is 0 Å².